The molecule has 2 rings (SSSR count). The van der Waals surface area contributed by atoms with E-state index in [1.165, 1.54) is 0 Å². The van der Waals surface area contributed by atoms with Crippen molar-refractivity contribution in [3.63, 3.8) is 0 Å². The van der Waals surface area contributed by atoms with Crippen LogP contribution in [-0.4, -0.2) is 24.5 Å². The normalized spacial score (nSPS) is 21.3. The molecule has 116 valence electrons. The van der Waals surface area contributed by atoms with Gasteiger partial charge in [0, 0.05) is 6.54 Å². The molecule has 1 atom stereocenters. The van der Waals surface area contributed by atoms with Gasteiger partial charge in [0.05, 0.1) is 6.61 Å². The van der Waals surface area contributed by atoms with Crippen LogP contribution in [0.4, 0.5) is 13.2 Å². The summed E-state index contributed by atoms with van der Waals surface area (Å²) < 4.78 is 47.7. The highest BCUT2D eigenvalue weighted by Gasteiger charge is 2.39. The molecule has 1 heterocycles. The van der Waals surface area contributed by atoms with Crippen molar-refractivity contribution in [1.82, 2.24) is 5.32 Å². The summed E-state index contributed by atoms with van der Waals surface area (Å²) in [5.41, 5.74) is 1.28. The molecule has 0 saturated carbocycles. The van der Waals surface area contributed by atoms with Gasteiger partial charge in [-0.25, -0.2) is 0 Å². The van der Waals surface area contributed by atoms with Crippen LogP contribution in [0, 0.1) is 0 Å². The molecular formula is C14H16F3NO3. The number of hydrogen-bond acceptors (Lipinski definition) is 3. The average Bonchev–Trinajstić information content (AvgIpc) is 2.75. The lowest BCUT2D eigenvalue weighted by molar-refractivity contribution is -0.173. The second-order valence-electron chi connectivity index (χ2n) is 5.20. The van der Waals surface area contributed by atoms with Crippen LogP contribution in [0.25, 0.3) is 0 Å². The second kappa shape index (κ2) is 5.65. The Morgan fingerprint density at radius 1 is 1.38 bits per heavy atom. The third-order valence-corrected chi connectivity index (χ3v) is 3.11. The molecule has 1 aromatic carbocycles. The van der Waals surface area contributed by atoms with Crippen molar-refractivity contribution in [2.75, 3.05) is 6.61 Å². The molecule has 1 fully saturated rings. The van der Waals surface area contributed by atoms with Crippen molar-refractivity contribution in [1.29, 1.82) is 0 Å². The summed E-state index contributed by atoms with van der Waals surface area (Å²) in [5.74, 6) is -2.69. The molecule has 0 aliphatic carbocycles. The highest BCUT2D eigenvalue weighted by atomic mass is 19.4. The van der Waals surface area contributed by atoms with Gasteiger partial charge in [0.15, 0.2) is 5.79 Å². The monoisotopic (exact) mass is 303 g/mol. The predicted octanol–water partition coefficient (Wildman–Crippen LogP) is 2.69. The summed E-state index contributed by atoms with van der Waals surface area (Å²) in [5, 5.41) is 1.86. The van der Waals surface area contributed by atoms with E-state index in [9.17, 15) is 18.0 Å². The molecule has 1 saturated heterocycles. The number of amides is 1. The van der Waals surface area contributed by atoms with E-state index in [1.807, 2.05) is 5.32 Å². The number of halogens is 3. The minimum atomic E-state index is -4.89. The van der Waals surface area contributed by atoms with E-state index in [0.717, 1.165) is 0 Å². The van der Waals surface area contributed by atoms with E-state index in [2.05, 4.69) is 0 Å². The van der Waals surface area contributed by atoms with Gasteiger partial charge in [-0.3, -0.25) is 4.79 Å². The summed E-state index contributed by atoms with van der Waals surface area (Å²) in [6, 6.07) is 6.86. The zero-order valence-corrected chi connectivity index (χ0v) is 11.7. The molecule has 1 N–H and O–H groups in total. The molecule has 0 spiro atoms. The lowest BCUT2D eigenvalue weighted by Gasteiger charge is -2.19. The van der Waals surface area contributed by atoms with Gasteiger partial charge < -0.3 is 14.8 Å². The van der Waals surface area contributed by atoms with Gasteiger partial charge in [-0.15, -0.1) is 0 Å². The van der Waals surface area contributed by atoms with Crippen LogP contribution < -0.4 is 5.32 Å². The number of nitrogens with one attached hydrogen (secondary N) is 1. The zero-order chi connectivity index (χ0) is 15.7. The van der Waals surface area contributed by atoms with Crippen LogP contribution in [0.3, 0.4) is 0 Å². The first-order valence-electron chi connectivity index (χ1n) is 6.44. The second-order valence-corrected chi connectivity index (χ2v) is 5.20. The summed E-state index contributed by atoms with van der Waals surface area (Å²) in [6.45, 7) is 3.63. The van der Waals surface area contributed by atoms with Crippen LogP contribution in [0.15, 0.2) is 24.3 Å². The number of alkyl halides is 3. The van der Waals surface area contributed by atoms with Crippen LogP contribution in [0.5, 0.6) is 0 Å². The van der Waals surface area contributed by atoms with E-state index in [4.69, 9.17) is 9.47 Å². The molecule has 4 nitrogen and oxygen atoms in total. The first-order valence-corrected chi connectivity index (χ1v) is 6.44. The number of hydrogen-bond donors (Lipinski definition) is 1. The number of carbonyl (C=O) groups excluding carboxylic acids is 1. The third kappa shape index (κ3) is 3.95. The van der Waals surface area contributed by atoms with E-state index < -0.39 is 17.9 Å². The van der Waals surface area contributed by atoms with Crippen LogP contribution >= 0.6 is 0 Å². The molecular weight excluding hydrogens is 287 g/mol. The first-order chi connectivity index (χ1) is 9.69. The van der Waals surface area contributed by atoms with Crippen molar-refractivity contribution >= 4 is 5.91 Å². The molecule has 1 aromatic rings. The van der Waals surface area contributed by atoms with Gasteiger partial charge in [0.25, 0.3) is 0 Å². The lowest BCUT2D eigenvalue weighted by Crippen LogP contribution is -2.36. The Labute approximate surface area is 120 Å². The van der Waals surface area contributed by atoms with Crippen LogP contribution in [-0.2, 0) is 20.8 Å². The number of rotatable bonds is 3. The molecule has 21 heavy (non-hydrogen) atoms. The van der Waals surface area contributed by atoms with E-state index in [-0.39, 0.29) is 12.6 Å². The Morgan fingerprint density at radius 2 is 2.05 bits per heavy atom. The van der Waals surface area contributed by atoms with Crippen LogP contribution in [0.1, 0.15) is 31.1 Å². The third-order valence-electron chi connectivity index (χ3n) is 3.11. The molecule has 1 aliphatic rings. The van der Waals surface area contributed by atoms with Crippen molar-refractivity contribution in [3.8, 4) is 0 Å². The maximum absolute atomic E-state index is 12.2. The highest BCUT2D eigenvalue weighted by molar-refractivity contribution is 5.81. The summed E-state index contributed by atoms with van der Waals surface area (Å²) in [7, 11) is 0. The van der Waals surface area contributed by atoms with Crippen molar-refractivity contribution in [2.24, 2.45) is 0 Å². The number of carbonyl (C=O) groups is 1. The van der Waals surface area contributed by atoms with Gasteiger partial charge in [0.1, 0.15) is 6.10 Å². The Hall–Kier alpha value is -1.60. The molecule has 0 bridgehead atoms. The topological polar surface area (TPSA) is 47.6 Å². The highest BCUT2D eigenvalue weighted by Crippen LogP contribution is 2.34. The van der Waals surface area contributed by atoms with Crippen LogP contribution in [0.2, 0.25) is 0 Å². The van der Waals surface area contributed by atoms with Crippen molar-refractivity contribution < 1.29 is 27.4 Å². The molecule has 0 radical (unpaired) electrons. The van der Waals surface area contributed by atoms with E-state index >= 15 is 0 Å². The van der Waals surface area contributed by atoms with E-state index in [0.29, 0.717) is 17.7 Å². The summed E-state index contributed by atoms with van der Waals surface area (Å²) >= 11 is 0. The number of ether oxygens (including phenoxy) is 2. The Bertz CT molecular complexity index is 528. The van der Waals surface area contributed by atoms with Gasteiger partial charge in [-0.1, -0.05) is 24.3 Å². The predicted molar refractivity (Wildman–Crippen MR) is 68.2 cm³/mol. The van der Waals surface area contributed by atoms with Gasteiger partial charge in [0.2, 0.25) is 0 Å². The van der Waals surface area contributed by atoms with Crippen molar-refractivity contribution in [3.05, 3.63) is 35.4 Å². The van der Waals surface area contributed by atoms with Gasteiger partial charge >= 0.3 is 12.1 Å². The van der Waals surface area contributed by atoms with Gasteiger partial charge in [-0.2, -0.15) is 13.2 Å². The molecule has 1 aliphatic heterocycles. The summed E-state index contributed by atoms with van der Waals surface area (Å²) in [4.78, 5) is 10.9. The molecule has 7 heteroatoms. The average molecular weight is 303 g/mol. The zero-order valence-electron chi connectivity index (χ0n) is 11.7. The fraction of sp³-hybridized carbons (Fsp3) is 0.500. The lowest BCUT2D eigenvalue weighted by atomic mass is 10.0. The smallest absolute Gasteiger partial charge is 0.347 e. The number of benzene rings is 1. The Kier molecular flexibility index (Phi) is 4.25. The maximum atomic E-state index is 12.2. The minimum Gasteiger partial charge on any atom is -0.347 e. The molecule has 0 aromatic heterocycles. The SMILES string of the molecule is CC1(C)OC[C@@H](c2ccccc2CNC(=O)C(F)(F)F)O1. The van der Waals surface area contributed by atoms with E-state index in [1.54, 1.807) is 38.1 Å². The molecule has 0 unspecified atom stereocenters. The minimum absolute atomic E-state index is 0.213. The molecule has 1 amide bonds. The first kappa shape index (κ1) is 15.8. The quantitative estimate of drug-likeness (QED) is 0.934. The summed E-state index contributed by atoms with van der Waals surface area (Å²) in [6.07, 6.45) is -5.25. The fourth-order valence-electron chi connectivity index (χ4n) is 2.13. The maximum Gasteiger partial charge on any atom is 0.471 e. The Balaban J connectivity index is 2.09. The van der Waals surface area contributed by atoms with Crippen molar-refractivity contribution in [2.45, 2.75) is 38.5 Å². The standard InChI is InChI=1S/C14H16F3NO3/c1-13(2)20-8-11(21-13)10-6-4-3-5-9(10)7-18-12(19)14(15,16)17/h3-6,11H,7-8H2,1-2H3,(H,18,19)/t11-/m0/s1. The Morgan fingerprint density at radius 3 is 2.62 bits per heavy atom. The fourth-order valence-corrected chi connectivity index (χ4v) is 2.13. The largest absolute Gasteiger partial charge is 0.471 e. The van der Waals surface area contributed by atoms with Gasteiger partial charge in [-0.05, 0) is 25.0 Å².